The molecule has 10 nitrogen and oxygen atoms in total. The molecule has 22 heavy (non-hydrogen) atoms. The van der Waals surface area contributed by atoms with Crippen LogP contribution in [0.1, 0.15) is 21.0 Å². The van der Waals surface area contributed by atoms with Gasteiger partial charge in [-0.1, -0.05) is 0 Å². The number of aromatic carboxylic acids is 1. The quantitative estimate of drug-likeness (QED) is 0.317. The maximum atomic E-state index is 11.9. The van der Waals surface area contributed by atoms with Crippen LogP contribution in [0.3, 0.4) is 0 Å². The third kappa shape index (κ3) is 3.94. The molecule has 0 saturated heterocycles. The average Bonchev–Trinajstić information content (AvgIpc) is 2.82. The number of carboxylic acid groups (broad SMARTS) is 1. The number of carboxylic acids is 1. The number of carbonyl (C=O) groups is 2. The molecule has 1 heterocycles. The fourth-order valence-electron chi connectivity index (χ4n) is 1.56. The summed E-state index contributed by atoms with van der Waals surface area (Å²) in [5.74, 6) is -2.90. The van der Waals surface area contributed by atoms with Gasteiger partial charge in [-0.25, -0.2) is 23.1 Å². The third-order valence-corrected chi connectivity index (χ3v) is 2.38. The average molecular weight is 323 g/mol. The van der Waals surface area contributed by atoms with Gasteiger partial charge in [0.05, 0.1) is 25.2 Å². The molecule has 1 rings (SSSR count). The fourth-order valence-corrected chi connectivity index (χ4v) is 1.56. The van der Waals surface area contributed by atoms with Crippen LogP contribution < -0.4 is 0 Å². The number of methoxy groups -OCH3 is 1. The third-order valence-electron chi connectivity index (χ3n) is 2.38. The first-order valence-corrected chi connectivity index (χ1v) is 5.72. The van der Waals surface area contributed by atoms with E-state index in [0.29, 0.717) is 4.68 Å². The smallest absolute Gasteiger partial charge is 0.365 e. The van der Waals surface area contributed by atoms with E-state index in [4.69, 9.17) is 5.11 Å². The first kappa shape index (κ1) is 17.4. The Morgan fingerprint density at radius 2 is 2.14 bits per heavy atom. The highest BCUT2D eigenvalue weighted by atomic mass is 19.3. The van der Waals surface area contributed by atoms with Gasteiger partial charge in [-0.05, 0) is 0 Å². The number of hydrogen-bond acceptors (Lipinski definition) is 7. The van der Waals surface area contributed by atoms with E-state index < -0.39 is 47.0 Å². The van der Waals surface area contributed by atoms with Crippen molar-refractivity contribution < 1.29 is 37.9 Å². The molecule has 1 N–H and O–H groups in total. The summed E-state index contributed by atoms with van der Waals surface area (Å²) in [5, 5.41) is 23.5. The van der Waals surface area contributed by atoms with Crippen molar-refractivity contribution in [1.82, 2.24) is 9.78 Å². The Balaban J connectivity index is 3.13. The minimum absolute atomic E-state index is 0.369. The SMILES string of the molecule is COC(=O)c1nn(CCOCC(F)F)c(C(=O)O)c1[N+](=O)[O-]. The van der Waals surface area contributed by atoms with Gasteiger partial charge in [0.2, 0.25) is 11.4 Å². The lowest BCUT2D eigenvalue weighted by Gasteiger charge is -2.05. The molecule has 0 unspecified atom stereocenters. The Morgan fingerprint density at radius 1 is 1.50 bits per heavy atom. The van der Waals surface area contributed by atoms with Crippen molar-refractivity contribution >= 4 is 17.6 Å². The molecule has 0 radical (unpaired) electrons. The second-order valence-electron chi connectivity index (χ2n) is 3.79. The van der Waals surface area contributed by atoms with E-state index in [1.165, 1.54) is 0 Å². The molecule has 0 bridgehead atoms. The summed E-state index contributed by atoms with van der Waals surface area (Å²) in [6, 6.07) is 0. The Kier molecular flexibility index (Phi) is 5.86. The summed E-state index contributed by atoms with van der Waals surface area (Å²) in [5.41, 5.74) is -2.70. The van der Waals surface area contributed by atoms with Crippen LogP contribution in [-0.4, -0.2) is 58.5 Å². The summed E-state index contributed by atoms with van der Waals surface area (Å²) in [7, 11) is 0.942. The van der Waals surface area contributed by atoms with E-state index in [9.17, 15) is 28.5 Å². The van der Waals surface area contributed by atoms with Crippen LogP contribution in [0.2, 0.25) is 0 Å². The molecule has 122 valence electrons. The number of halogens is 2. The van der Waals surface area contributed by atoms with Crippen LogP contribution in [0.5, 0.6) is 0 Å². The maximum Gasteiger partial charge on any atom is 0.365 e. The highest BCUT2D eigenvalue weighted by molar-refractivity contribution is 5.99. The molecular weight excluding hydrogens is 312 g/mol. The second kappa shape index (κ2) is 7.40. The van der Waals surface area contributed by atoms with Crippen LogP contribution >= 0.6 is 0 Å². The van der Waals surface area contributed by atoms with Crippen molar-refractivity contribution in [3.8, 4) is 0 Å². The molecule has 0 aliphatic rings. The summed E-state index contributed by atoms with van der Waals surface area (Å²) >= 11 is 0. The van der Waals surface area contributed by atoms with E-state index in [0.717, 1.165) is 7.11 Å². The summed E-state index contributed by atoms with van der Waals surface area (Å²) < 4.78 is 33.3. The van der Waals surface area contributed by atoms with Gasteiger partial charge in [0, 0.05) is 0 Å². The van der Waals surface area contributed by atoms with E-state index >= 15 is 0 Å². The minimum atomic E-state index is -2.71. The molecule has 0 aliphatic heterocycles. The van der Waals surface area contributed by atoms with E-state index in [1.807, 2.05) is 0 Å². The summed E-state index contributed by atoms with van der Waals surface area (Å²) in [4.78, 5) is 32.4. The number of hydrogen-bond donors (Lipinski definition) is 1. The van der Waals surface area contributed by atoms with Gasteiger partial charge in [-0.15, -0.1) is 0 Å². The predicted molar refractivity (Wildman–Crippen MR) is 64.0 cm³/mol. The lowest BCUT2D eigenvalue weighted by Crippen LogP contribution is -2.16. The molecule has 12 heteroatoms. The topological polar surface area (TPSA) is 134 Å². The molecule has 0 fully saturated rings. The van der Waals surface area contributed by atoms with Crippen LogP contribution in [0.15, 0.2) is 0 Å². The molecule has 1 aromatic heterocycles. The van der Waals surface area contributed by atoms with Gasteiger partial charge in [-0.2, -0.15) is 5.10 Å². The van der Waals surface area contributed by atoms with Crippen LogP contribution in [0, 0.1) is 10.1 Å². The van der Waals surface area contributed by atoms with Gasteiger partial charge in [0.25, 0.3) is 6.43 Å². The van der Waals surface area contributed by atoms with E-state index in [-0.39, 0.29) is 13.2 Å². The number of esters is 1. The molecular formula is C10H11F2N3O7. The molecule has 0 aromatic carbocycles. The largest absolute Gasteiger partial charge is 0.476 e. The highest BCUT2D eigenvalue weighted by Gasteiger charge is 2.36. The Bertz CT molecular complexity index is 587. The van der Waals surface area contributed by atoms with Gasteiger partial charge in [0.1, 0.15) is 6.61 Å². The molecule has 0 spiro atoms. The van der Waals surface area contributed by atoms with Gasteiger partial charge < -0.3 is 14.6 Å². The molecule has 0 saturated carbocycles. The number of alkyl halides is 2. The monoisotopic (exact) mass is 323 g/mol. The molecule has 0 atom stereocenters. The second-order valence-corrected chi connectivity index (χ2v) is 3.79. The van der Waals surface area contributed by atoms with Crippen LogP contribution in [0.4, 0.5) is 14.5 Å². The Morgan fingerprint density at radius 3 is 2.59 bits per heavy atom. The van der Waals surface area contributed by atoms with Crippen LogP contribution in [-0.2, 0) is 16.0 Å². The first-order valence-electron chi connectivity index (χ1n) is 5.72. The normalized spacial score (nSPS) is 10.7. The fraction of sp³-hybridized carbons (Fsp3) is 0.500. The zero-order valence-corrected chi connectivity index (χ0v) is 11.2. The number of carbonyl (C=O) groups excluding carboxylic acids is 1. The minimum Gasteiger partial charge on any atom is -0.476 e. The van der Waals surface area contributed by atoms with Gasteiger partial charge >= 0.3 is 17.6 Å². The van der Waals surface area contributed by atoms with Crippen molar-refractivity contribution in [3.63, 3.8) is 0 Å². The highest BCUT2D eigenvalue weighted by Crippen LogP contribution is 2.24. The Labute approximate surface area is 121 Å². The van der Waals surface area contributed by atoms with E-state index in [1.54, 1.807) is 0 Å². The number of ether oxygens (including phenoxy) is 2. The van der Waals surface area contributed by atoms with Gasteiger partial charge in [0.15, 0.2) is 0 Å². The first-order chi connectivity index (χ1) is 10.3. The molecule has 1 aromatic rings. The number of aromatic nitrogens is 2. The number of nitro groups is 1. The molecule has 0 aliphatic carbocycles. The lowest BCUT2D eigenvalue weighted by atomic mass is 10.3. The van der Waals surface area contributed by atoms with E-state index in [2.05, 4.69) is 14.6 Å². The van der Waals surface area contributed by atoms with Crippen molar-refractivity contribution in [2.24, 2.45) is 0 Å². The maximum absolute atomic E-state index is 11.9. The predicted octanol–water partition coefficient (Wildman–Crippen LogP) is 0.558. The standard InChI is InChI=1S/C10H11F2N3O7/c1-21-10(18)6-7(15(19)20)8(9(16)17)14(13-6)2-3-22-4-5(11)12/h5H,2-4H2,1H3,(H,16,17). The van der Waals surface area contributed by atoms with Crippen molar-refractivity contribution in [3.05, 3.63) is 21.5 Å². The summed E-state index contributed by atoms with van der Waals surface area (Å²) in [6.45, 7) is -1.62. The zero-order valence-electron chi connectivity index (χ0n) is 11.2. The van der Waals surface area contributed by atoms with Crippen molar-refractivity contribution in [1.29, 1.82) is 0 Å². The summed E-state index contributed by atoms with van der Waals surface area (Å²) in [6.07, 6.45) is -2.71. The zero-order chi connectivity index (χ0) is 16.9. The lowest BCUT2D eigenvalue weighted by molar-refractivity contribution is -0.385. The number of nitrogens with zero attached hydrogens (tertiary/aromatic N) is 3. The molecule has 0 amide bonds. The van der Waals surface area contributed by atoms with Gasteiger partial charge in [-0.3, -0.25) is 10.1 Å². The van der Waals surface area contributed by atoms with Crippen LogP contribution in [0.25, 0.3) is 0 Å². The number of rotatable bonds is 8. The van der Waals surface area contributed by atoms with Crippen molar-refractivity contribution in [2.75, 3.05) is 20.3 Å². The van der Waals surface area contributed by atoms with Crippen molar-refractivity contribution in [2.45, 2.75) is 13.0 Å². The Hall–Kier alpha value is -2.63.